The van der Waals surface area contributed by atoms with Crippen LogP contribution in [0.15, 0.2) is 60.7 Å². The van der Waals surface area contributed by atoms with Crippen molar-refractivity contribution in [2.75, 3.05) is 5.73 Å². The lowest BCUT2D eigenvalue weighted by atomic mass is 9.87. The molecule has 5 aromatic carbocycles. The van der Waals surface area contributed by atoms with Gasteiger partial charge in [0.15, 0.2) is 0 Å². The van der Waals surface area contributed by atoms with Crippen molar-refractivity contribution in [1.82, 2.24) is 0 Å². The van der Waals surface area contributed by atoms with Gasteiger partial charge in [-0.2, -0.15) is 0 Å². The summed E-state index contributed by atoms with van der Waals surface area (Å²) < 4.78 is 0. The first-order chi connectivity index (χ1) is 15.3. The van der Waals surface area contributed by atoms with Crippen molar-refractivity contribution in [2.24, 2.45) is 0 Å². The molecule has 0 aliphatic carbocycles. The Morgan fingerprint density at radius 1 is 0.548 bits per heavy atom. The molecule has 0 saturated carbocycles. The molecule has 0 bridgehead atoms. The van der Waals surface area contributed by atoms with Crippen LogP contribution < -0.4 is 5.73 Å². The minimum absolute atomic E-state index is 0.889. The van der Waals surface area contributed by atoms with Crippen LogP contribution in [0.4, 0.5) is 5.69 Å². The molecule has 1 nitrogen and oxygen atoms in total. The Hall–Kier alpha value is -2.80. The fourth-order valence-corrected chi connectivity index (χ4v) is 5.48. The molecule has 0 heterocycles. The van der Waals surface area contributed by atoms with Crippen LogP contribution in [-0.4, -0.2) is 0 Å². The summed E-state index contributed by atoms with van der Waals surface area (Å²) in [5, 5.41) is 10.6. The summed E-state index contributed by atoms with van der Waals surface area (Å²) in [5.74, 6) is 0. The third-order valence-corrected chi connectivity index (χ3v) is 7.07. The fourth-order valence-electron chi connectivity index (χ4n) is 5.48. The number of nitrogens with two attached hydrogens (primary N) is 1. The van der Waals surface area contributed by atoms with Gasteiger partial charge in [-0.15, -0.1) is 0 Å². The molecule has 0 atom stereocenters. The molecule has 0 aromatic heterocycles. The van der Waals surface area contributed by atoms with E-state index in [1.165, 1.54) is 100 Å². The standard InChI is InChI=1S/C30H33N/c1-2-3-4-5-6-7-8-9-12-21-17-18-25-24-15-10-13-22-14-11-16-26(28(22)24)30-27(31)20-19-23(21)29(25)30/h10-11,13-20H,2-9,12,31H2,1H3. The van der Waals surface area contributed by atoms with Crippen LogP contribution in [0.2, 0.25) is 0 Å². The van der Waals surface area contributed by atoms with Gasteiger partial charge in [0.2, 0.25) is 0 Å². The number of nitrogen functional groups attached to an aromatic ring is 1. The Kier molecular flexibility index (Phi) is 5.68. The first-order valence-corrected chi connectivity index (χ1v) is 12.2. The van der Waals surface area contributed by atoms with Gasteiger partial charge >= 0.3 is 0 Å². The molecule has 0 amide bonds. The fraction of sp³-hybridized carbons (Fsp3) is 0.333. The lowest BCUT2D eigenvalue weighted by molar-refractivity contribution is 0.576. The summed E-state index contributed by atoms with van der Waals surface area (Å²) in [6, 6.07) is 22.4. The number of fused-ring (bicyclic) bond motifs is 2. The maximum Gasteiger partial charge on any atom is 0.0400 e. The molecule has 158 valence electrons. The molecular weight excluding hydrogens is 374 g/mol. The molecule has 0 saturated heterocycles. The number of aryl methyl sites for hydroxylation is 1. The quantitative estimate of drug-likeness (QED) is 0.112. The second-order valence-electron chi connectivity index (χ2n) is 9.16. The summed E-state index contributed by atoms with van der Waals surface area (Å²) >= 11 is 0. The van der Waals surface area contributed by atoms with E-state index in [-0.39, 0.29) is 0 Å². The van der Waals surface area contributed by atoms with Gasteiger partial charge in [0.05, 0.1) is 0 Å². The number of anilines is 1. The molecule has 2 N–H and O–H groups in total. The second kappa shape index (κ2) is 8.75. The van der Waals surface area contributed by atoms with Crippen LogP contribution in [0.1, 0.15) is 63.9 Å². The average Bonchev–Trinajstić information content (AvgIpc) is 2.80. The van der Waals surface area contributed by atoms with Crippen LogP contribution >= 0.6 is 0 Å². The van der Waals surface area contributed by atoms with E-state index in [0.717, 1.165) is 12.1 Å². The van der Waals surface area contributed by atoms with Crippen molar-refractivity contribution in [1.29, 1.82) is 0 Å². The Balaban J connectivity index is 1.50. The largest absolute Gasteiger partial charge is 0.398 e. The van der Waals surface area contributed by atoms with Crippen molar-refractivity contribution in [3.05, 3.63) is 66.2 Å². The summed E-state index contributed by atoms with van der Waals surface area (Å²) in [4.78, 5) is 0. The number of rotatable bonds is 9. The van der Waals surface area contributed by atoms with E-state index in [0.29, 0.717) is 0 Å². The third kappa shape index (κ3) is 3.61. The highest BCUT2D eigenvalue weighted by atomic mass is 14.6. The van der Waals surface area contributed by atoms with Crippen molar-refractivity contribution >= 4 is 48.8 Å². The molecule has 5 aromatic rings. The van der Waals surface area contributed by atoms with Crippen molar-refractivity contribution < 1.29 is 0 Å². The molecule has 0 aliphatic rings. The van der Waals surface area contributed by atoms with Crippen LogP contribution in [0, 0.1) is 0 Å². The monoisotopic (exact) mass is 407 g/mol. The lowest BCUT2D eigenvalue weighted by Gasteiger charge is -2.17. The van der Waals surface area contributed by atoms with Gasteiger partial charge in [-0.05, 0) is 62.2 Å². The normalized spacial score (nSPS) is 12.0. The van der Waals surface area contributed by atoms with Gasteiger partial charge in [0.25, 0.3) is 0 Å². The zero-order valence-corrected chi connectivity index (χ0v) is 18.7. The second-order valence-corrected chi connectivity index (χ2v) is 9.16. The first-order valence-electron chi connectivity index (χ1n) is 12.2. The Bertz CT molecular complexity index is 1330. The number of hydrogen-bond acceptors (Lipinski definition) is 1. The van der Waals surface area contributed by atoms with E-state index in [1.807, 2.05) is 0 Å². The lowest BCUT2D eigenvalue weighted by Crippen LogP contribution is -1.95. The summed E-state index contributed by atoms with van der Waals surface area (Å²) in [5.41, 5.74) is 8.93. The minimum Gasteiger partial charge on any atom is -0.398 e. The molecule has 5 rings (SSSR count). The van der Waals surface area contributed by atoms with E-state index in [9.17, 15) is 0 Å². The van der Waals surface area contributed by atoms with Gasteiger partial charge in [0.1, 0.15) is 0 Å². The van der Waals surface area contributed by atoms with Gasteiger partial charge in [0, 0.05) is 11.1 Å². The zero-order valence-electron chi connectivity index (χ0n) is 18.7. The maximum absolute atomic E-state index is 6.57. The van der Waals surface area contributed by atoms with Crippen LogP contribution in [0.3, 0.4) is 0 Å². The summed E-state index contributed by atoms with van der Waals surface area (Å²) in [6.45, 7) is 2.28. The maximum atomic E-state index is 6.57. The van der Waals surface area contributed by atoms with Gasteiger partial charge in [-0.3, -0.25) is 0 Å². The highest BCUT2D eigenvalue weighted by molar-refractivity contribution is 6.35. The first kappa shape index (κ1) is 20.1. The molecule has 0 aliphatic heterocycles. The Morgan fingerprint density at radius 2 is 1.19 bits per heavy atom. The van der Waals surface area contributed by atoms with E-state index in [4.69, 9.17) is 5.73 Å². The van der Waals surface area contributed by atoms with Gasteiger partial charge in [-0.25, -0.2) is 0 Å². The van der Waals surface area contributed by atoms with E-state index in [2.05, 4.69) is 67.6 Å². The average molecular weight is 408 g/mol. The van der Waals surface area contributed by atoms with Crippen LogP contribution in [0.25, 0.3) is 43.1 Å². The molecule has 31 heavy (non-hydrogen) atoms. The molecule has 1 heteroatoms. The summed E-state index contributed by atoms with van der Waals surface area (Å²) in [6.07, 6.45) is 12.0. The smallest absolute Gasteiger partial charge is 0.0400 e. The van der Waals surface area contributed by atoms with Crippen LogP contribution in [-0.2, 0) is 6.42 Å². The van der Waals surface area contributed by atoms with E-state index in [1.54, 1.807) is 0 Å². The predicted octanol–water partition coefficient (Wildman–Crippen LogP) is 9.00. The molecule has 0 radical (unpaired) electrons. The zero-order chi connectivity index (χ0) is 21.2. The molecule has 0 spiro atoms. The van der Waals surface area contributed by atoms with E-state index >= 15 is 0 Å². The van der Waals surface area contributed by atoms with Gasteiger partial charge in [-0.1, -0.05) is 106 Å². The minimum atomic E-state index is 0.889. The topological polar surface area (TPSA) is 26.0 Å². The van der Waals surface area contributed by atoms with Crippen molar-refractivity contribution in [3.63, 3.8) is 0 Å². The highest BCUT2D eigenvalue weighted by Gasteiger charge is 2.16. The Morgan fingerprint density at radius 3 is 1.97 bits per heavy atom. The van der Waals surface area contributed by atoms with Crippen molar-refractivity contribution in [3.8, 4) is 0 Å². The summed E-state index contributed by atoms with van der Waals surface area (Å²) in [7, 11) is 0. The SMILES string of the molecule is CCCCCCCCCCc1ccc2c3cccc4cccc(c5c(N)ccc1c25)c43. The number of benzene rings is 5. The third-order valence-electron chi connectivity index (χ3n) is 7.07. The van der Waals surface area contributed by atoms with Crippen molar-refractivity contribution in [2.45, 2.75) is 64.7 Å². The molecule has 0 fully saturated rings. The molecule has 0 unspecified atom stereocenters. The Labute approximate surface area is 185 Å². The van der Waals surface area contributed by atoms with Crippen LogP contribution in [0.5, 0.6) is 0 Å². The predicted molar refractivity (Wildman–Crippen MR) is 138 cm³/mol. The highest BCUT2D eigenvalue weighted by Crippen LogP contribution is 2.43. The van der Waals surface area contributed by atoms with Gasteiger partial charge < -0.3 is 5.73 Å². The number of unbranched alkanes of at least 4 members (excludes halogenated alkanes) is 7. The molecular formula is C30H33N. The number of hydrogen-bond donors (Lipinski definition) is 1. The van der Waals surface area contributed by atoms with E-state index < -0.39 is 0 Å².